The summed E-state index contributed by atoms with van der Waals surface area (Å²) >= 11 is 5.96. The molecular formula is C27H30ClFN4O3. The van der Waals surface area contributed by atoms with Gasteiger partial charge in [0.2, 0.25) is 0 Å². The fourth-order valence-electron chi connectivity index (χ4n) is 4.22. The number of nitrogens with zero attached hydrogens (tertiary/aromatic N) is 4. The first-order chi connectivity index (χ1) is 17.5. The summed E-state index contributed by atoms with van der Waals surface area (Å²) in [4.78, 5) is 17.8. The van der Waals surface area contributed by atoms with Gasteiger partial charge in [0, 0.05) is 55.4 Å². The highest BCUT2D eigenvalue weighted by molar-refractivity contribution is 6.30. The number of allylic oxidation sites excluding steroid dienone is 1. The van der Waals surface area contributed by atoms with Crippen molar-refractivity contribution in [2.75, 3.05) is 46.4 Å². The van der Waals surface area contributed by atoms with E-state index >= 15 is 0 Å². The van der Waals surface area contributed by atoms with E-state index in [2.05, 4.69) is 14.9 Å². The van der Waals surface area contributed by atoms with E-state index in [-0.39, 0.29) is 24.5 Å². The second-order valence-electron chi connectivity index (χ2n) is 8.69. The highest BCUT2D eigenvalue weighted by Gasteiger charge is 2.19. The average Bonchev–Trinajstić information content (AvgIpc) is 2.88. The second kappa shape index (κ2) is 12.3. The SMILES string of the molecule is COc1ccc(-c2cc(CN3CCN(CCO)CC3)c(=O)n(CC=Cc3ccc(Cl)cc3)n2)cc1F. The number of halogens is 2. The van der Waals surface area contributed by atoms with Crippen molar-refractivity contribution in [2.45, 2.75) is 13.1 Å². The number of hydrogen-bond acceptors (Lipinski definition) is 6. The van der Waals surface area contributed by atoms with Crippen molar-refractivity contribution in [1.82, 2.24) is 19.6 Å². The maximum absolute atomic E-state index is 14.4. The lowest BCUT2D eigenvalue weighted by molar-refractivity contribution is 0.108. The van der Waals surface area contributed by atoms with E-state index in [0.29, 0.717) is 34.9 Å². The van der Waals surface area contributed by atoms with Gasteiger partial charge in [-0.3, -0.25) is 14.6 Å². The lowest BCUT2D eigenvalue weighted by Gasteiger charge is -2.34. The first-order valence-corrected chi connectivity index (χ1v) is 12.3. The van der Waals surface area contributed by atoms with E-state index < -0.39 is 5.82 Å². The highest BCUT2D eigenvalue weighted by atomic mass is 35.5. The van der Waals surface area contributed by atoms with Crippen molar-refractivity contribution in [1.29, 1.82) is 0 Å². The van der Waals surface area contributed by atoms with E-state index in [1.807, 2.05) is 36.4 Å². The van der Waals surface area contributed by atoms with E-state index in [0.717, 1.165) is 31.7 Å². The topological polar surface area (TPSA) is 70.8 Å². The van der Waals surface area contributed by atoms with Gasteiger partial charge in [-0.25, -0.2) is 9.07 Å². The van der Waals surface area contributed by atoms with Gasteiger partial charge in [-0.15, -0.1) is 0 Å². The van der Waals surface area contributed by atoms with Crippen LogP contribution in [0.5, 0.6) is 5.75 Å². The zero-order chi connectivity index (χ0) is 25.5. The summed E-state index contributed by atoms with van der Waals surface area (Å²) in [7, 11) is 1.42. The second-order valence-corrected chi connectivity index (χ2v) is 9.12. The minimum atomic E-state index is -0.487. The molecule has 36 heavy (non-hydrogen) atoms. The first-order valence-electron chi connectivity index (χ1n) is 11.9. The zero-order valence-corrected chi connectivity index (χ0v) is 21.0. The molecular weight excluding hydrogens is 483 g/mol. The number of benzene rings is 2. The molecule has 9 heteroatoms. The van der Waals surface area contributed by atoms with Crippen LogP contribution in [0.2, 0.25) is 5.02 Å². The summed E-state index contributed by atoms with van der Waals surface area (Å²) in [6.07, 6.45) is 3.78. The summed E-state index contributed by atoms with van der Waals surface area (Å²) < 4.78 is 20.9. The molecule has 2 heterocycles. The van der Waals surface area contributed by atoms with Crippen molar-refractivity contribution >= 4 is 17.7 Å². The number of piperazine rings is 1. The molecule has 1 aliphatic rings. The van der Waals surface area contributed by atoms with Gasteiger partial charge >= 0.3 is 0 Å². The number of ether oxygens (including phenoxy) is 1. The Morgan fingerprint density at radius 2 is 1.81 bits per heavy atom. The van der Waals surface area contributed by atoms with Gasteiger partial charge in [0.25, 0.3) is 5.56 Å². The third kappa shape index (κ3) is 6.59. The molecule has 0 aliphatic carbocycles. The Morgan fingerprint density at radius 3 is 2.47 bits per heavy atom. The molecule has 0 radical (unpaired) electrons. The quantitative estimate of drug-likeness (QED) is 0.473. The molecule has 4 rings (SSSR count). The molecule has 1 aromatic heterocycles. The molecule has 0 saturated carbocycles. The van der Waals surface area contributed by atoms with Crippen molar-refractivity contribution in [3.05, 3.63) is 86.9 Å². The normalized spacial score (nSPS) is 15.0. The van der Waals surface area contributed by atoms with E-state index in [1.54, 1.807) is 18.2 Å². The van der Waals surface area contributed by atoms with Gasteiger partial charge in [0.05, 0.1) is 26.0 Å². The van der Waals surface area contributed by atoms with Crippen LogP contribution in [-0.2, 0) is 13.1 Å². The molecule has 190 valence electrons. The summed E-state index contributed by atoms with van der Waals surface area (Å²) in [6, 6.07) is 13.8. The largest absolute Gasteiger partial charge is 0.494 e. The van der Waals surface area contributed by atoms with E-state index in [4.69, 9.17) is 16.3 Å². The monoisotopic (exact) mass is 512 g/mol. The van der Waals surface area contributed by atoms with Gasteiger partial charge in [-0.2, -0.15) is 5.10 Å². The third-order valence-corrected chi connectivity index (χ3v) is 6.48. The van der Waals surface area contributed by atoms with Crippen LogP contribution in [0.25, 0.3) is 17.3 Å². The number of β-amino-alcohol motifs (C(OH)–C–C–N with tert-alkyl or cyclic N) is 1. The van der Waals surface area contributed by atoms with Crippen LogP contribution in [-0.4, -0.2) is 71.1 Å². The molecule has 1 fully saturated rings. The van der Waals surface area contributed by atoms with Gasteiger partial charge in [0.1, 0.15) is 0 Å². The predicted octanol–water partition coefficient (Wildman–Crippen LogP) is 3.53. The predicted molar refractivity (Wildman–Crippen MR) is 140 cm³/mol. The Labute approximate surface area is 215 Å². The number of rotatable bonds is 9. The lowest BCUT2D eigenvalue weighted by Crippen LogP contribution is -2.47. The number of aliphatic hydroxyl groups excluding tert-OH is 1. The number of hydrogen-bond donors (Lipinski definition) is 1. The minimum absolute atomic E-state index is 0.139. The van der Waals surface area contributed by atoms with Crippen LogP contribution in [0.1, 0.15) is 11.1 Å². The molecule has 0 amide bonds. The fraction of sp³-hybridized carbons (Fsp3) is 0.333. The molecule has 7 nitrogen and oxygen atoms in total. The van der Waals surface area contributed by atoms with Crippen molar-refractivity contribution in [2.24, 2.45) is 0 Å². The Balaban J connectivity index is 1.61. The fourth-order valence-corrected chi connectivity index (χ4v) is 4.34. The van der Waals surface area contributed by atoms with Gasteiger partial charge in [-0.05, 0) is 42.0 Å². The van der Waals surface area contributed by atoms with Crippen molar-refractivity contribution < 1.29 is 14.2 Å². The van der Waals surface area contributed by atoms with Crippen LogP contribution < -0.4 is 10.3 Å². The Bertz CT molecular complexity index is 1250. The average molecular weight is 513 g/mol. The maximum atomic E-state index is 14.4. The number of methoxy groups -OCH3 is 1. The Hall–Kier alpha value is -3.04. The van der Waals surface area contributed by atoms with E-state index in [1.165, 1.54) is 17.9 Å². The van der Waals surface area contributed by atoms with Crippen LogP contribution in [0.3, 0.4) is 0 Å². The van der Waals surface area contributed by atoms with E-state index in [9.17, 15) is 14.3 Å². The van der Waals surface area contributed by atoms with Crippen LogP contribution >= 0.6 is 11.6 Å². The lowest BCUT2D eigenvalue weighted by atomic mass is 10.1. The molecule has 1 saturated heterocycles. The highest BCUT2D eigenvalue weighted by Crippen LogP contribution is 2.24. The van der Waals surface area contributed by atoms with Gasteiger partial charge in [-0.1, -0.05) is 35.9 Å². The zero-order valence-electron chi connectivity index (χ0n) is 20.2. The standard InChI is InChI=1S/C27H30ClFN4O3/c1-36-26-9-6-21(17-24(26)29)25-18-22(19-32-13-11-31(12-14-32)15-16-34)27(35)33(30-25)10-2-3-20-4-7-23(28)8-5-20/h2-9,17-18,34H,10-16,19H2,1H3. The molecule has 0 atom stereocenters. The molecule has 0 bridgehead atoms. The summed E-state index contributed by atoms with van der Waals surface area (Å²) in [5.41, 5.74) is 2.47. The van der Waals surface area contributed by atoms with Gasteiger partial charge in [0.15, 0.2) is 11.6 Å². The molecule has 0 spiro atoms. The molecule has 1 aliphatic heterocycles. The van der Waals surface area contributed by atoms with Crippen molar-refractivity contribution in [3.63, 3.8) is 0 Å². The number of aromatic nitrogens is 2. The molecule has 3 aromatic rings. The Kier molecular flexibility index (Phi) is 8.88. The Morgan fingerprint density at radius 1 is 1.08 bits per heavy atom. The third-order valence-electron chi connectivity index (χ3n) is 6.23. The van der Waals surface area contributed by atoms with Crippen LogP contribution in [0.4, 0.5) is 4.39 Å². The molecule has 0 unspecified atom stereocenters. The smallest absolute Gasteiger partial charge is 0.271 e. The van der Waals surface area contributed by atoms with Crippen molar-refractivity contribution in [3.8, 4) is 17.0 Å². The minimum Gasteiger partial charge on any atom is -0.494 e. The first kappa shape index (κ1) is 26.0. The molecule has 1 N–H and O–H groups in total. The molecule has 2 aromatic carbocycles. The van der Waals surface area contributed by atoms with Crippen LogP contribution in [0, 0.1) is 5.82 Å². The maximum Gasteiger partial charge on any atom is 0.271 e. The summed E-state index contributed by atoms with van der Waals surface area (Å²) in [6.45, 7) is 4.80. The van der Waals surface area contributed by atoms with Crippen LogP contribution in [0.15, 0.2) is 59.4 Å². The summed E-state index contributed by atoms with van der Waals surface area (Å²) in [5.74, 6) is -0.335. The van der Waals surface area contributed by atoms with Gasteiger partial charge < -0.3 is 9.84 Å². The summed E-state index contributed by atoms with van der Waals surface area (Å²) in [5, 5.41) is 14.4. The number of aliphatic hydroxyl groups is 1.